The van der Waals surface area contributed by atoms with Gasteiger partial charge in [-0.05, 0) is 26.2 Å². The third kappa shape index (κ3) is 3.64. The summed E-state index contributed by atoms with van der Waals surface area (Å²) in [5.41, 5.74) is 6.38. The molecule has 5 nitrogen and oxygen atoms in total. The smallest absolute Gasteiger partial charge is 0.344 e. The number of benzene rings is 1. The van der Waals surface area contributed by atoms with Crippen molar-refractivity contribution < 1.29 is 14.3 Å². The Hall–Kier alpha value is -1.75. The number of nitrogen functional groups attached to an aromatic ring is 1. The summed E-state index contributed by atoms with van der Waals surface area (Å²) < 4.78 is 10.2. The average Bonchev–Trinajstić information content (AvgIpc) is 2.27. The number of carbonyl (C=O) groups is 1. The highest BCUT2D eigenvalue weighted by Crippen LogP contribution is 2.24. The van der Waals surface area contributed by atoms with E-state index in [0.717, 1.165) is 0 Å². The van der Waals surface area contributed by atoms with Crippen LogP contribution in [0.2, 0.25) is 0 Å². The monoisotopic (exact) mass is 238 g/mol. The second kappa shape index (κ2) is 6.10. The van der Waals surface area contributed by atoms with Gasteiger partial charge in [0.25, 0.3) is 0 Å². The Morgan fingerprint density at radius 1 is 1.41 bits per heavy atom. The van der Waals surface area contributed by atoms with Crippen LogP contribution < -0.4 is 10.5 Å². The summed E-state index contributed by atoms with van der Waals surface area (Å²) >= 11 is 0. The lowest BCUT2D eigenvalue weighted by Crippen LogP contribution is -2.20. The summed E-state index contributed by atoms with van der Waals surface area (Å²) in [6, 6.07) is 5.05. The first-order valence-electron chi connectivity index (χ1n) is 5.30. The zero-order valence-electron chi connectivity index (χ0n) is 10.4. The van der Waals surface area contributed by atoms with Crippen molar-refractivity contribution in [1.82, 2.24) is 4.90 Å². The highest BCUT2D eigenvalue weighted by atomic mass is 16.5. The predicted molar refractivity (Wildman–Crippen MR) is 66.2 cm³/mol. The van der Waals surface area contributed by atoms with E-state index in [2.05, 4.69) is 0 Å². The van der Waals surface area contributed by atoms with Crippen molar-refractivity contribution in [2.24, 2.45) is 0 Å². The molecule has 5 heteroatoms. The molecule has 0 radical (unpaired) electrons. The molecule has 17 heavy (non-hydrogen) atoms. The lowest BCUT2D eigenvalue weighted by Gasteiger charge is -2.12. The second-order valence-corrected chi connectivity index (χ2v) is 3.86. The fourth-order valence-electron chi connectivity index (χ4n) is 1.33. The van der Waals surface area contributed by atoms with Crippen molar-refractivity contribution in [2.45, 2.75) is 0 Å². The molecule has 0 saturated heterocycles. The van der Waals surface area contributed by atoms with Crippen molar-refractivity contribution in [3.8, 4) is 5.75 Å². The first kappa shape index (κ1) is 13.3. The second-order valence-electron chi connectivity index (χ2n) is 3.86. The van der Waals surface area contributed by atoms with E-state index in [9.17, 15) is 4.79 Å². The first-order valence-corrected chi connectivity index (χ1v) is 5.30. The molecular formula is C12H18N2O3. The Morgan fingerprint density at radius 2 is 2.12 bits per heavy atom. The van der Waals surface area contributed by atoms with E-state index in [1.54, 1.807) is 18.2 Å². The number of rotatable bonds is 5. The van der Waals surface area contributed by atoms with Crippen LogP contribution >= 0.6 is 0 Å². The topological polar surface area (TPSA) is 64.8 Å². The number of nitrogens with zero attached hydrogens (tertiary/aromatic N) is 1. The summed E-state index contributed by atoms with van der Waals surface area (Å²) in [5.74, 6) is -0.0262. The number of hydrogen-bond donors (Lipinski definition) is 1. The number of nitrogens with two attached hydrogens (primary N) is 1. The van der Waals surface area contributed by atoms with Gasteiger partial charge in [0.1, 0.15) is 17.9 Å². The fraction of sp³-hybridized carbons (Fsp3) is 0.417. The average molecular weight is 238 g/mol. The van der Waals surface area contributed by atoms with Crippen molar-refractivity contribution in [1.29, 1.82) is 0 Å². The molecule has 0 spiro atoms. The zero-order chi connectivity index (χ0) is 12.8. The number of esters is 1. The van der Waals surface area contributed by atoms with E-state index in [1.807, 2.05) is 19.0 Å². The minimum Gasteiger partial charge on any atom is -0.496 e. The molecule has 0 unspecified atom stereocenters. The minimum atomic E-state index is -0.457. The van der Waals surface area contributed by atoms with Crippen LogP contribution in [-0.2, 0) is 4.74 Å². The summed E-state index contributed by atoms with van der Waals surface area (Å²) in [6.45, 7) is 0.990. The molecule has 0 aliphatic carbocycles. The van der Waals surface area contributed by atoms with Gasteiger partial charge in [-0.25, -0.2) is 4.79 Å². The molecule has 1 aromatic carbocycles. The van der Waals surface area contributed by atoms with Crippen molar-refractivity contribution in [3.05, 3.63) is 23.8 Å². The van der Waals surface area contributed by atoms with Gasteiger partial charge in [-0.15, -0.1) is 0 Å². The summed E-state index contributed by atoms with van der Waals surface area (Å²) in [7, 11) is 5.31. The third-order valence-electron chi connectivity index (χ3n) is 2.25. The molecule has 0 aliphatic heterocycles. The molecule has 0 saturated carbocycles. The van der Waals surface area contributed by atoms with E-state index in [4.69, 9.17) is 15.2 Å². The maximum Gasteiger partial charge on any atom is 0.344 e. The minimum absolute atomic E-state index is 0.286. The van der Waals surface area contributed by atoms with Gasteiger partial charge in [0, 0.05) is 12.2 Å². The molecule has 0 atom stereocenters. The highest BCUT2D eigenvalue weighted by molar-refractivity contribution is 5.98. The molecule has 0 heterocycles. The maximum atomic E-state index is 11.8. The Labute approximate surface area is 101 Å². The van der Waals surface area contributed by atoms with Gasteiger partial charge in [0.05, 0.1) is 7.11 Å². The van der Waals surface area contributed by atoms with E-state index in [1.165, 1.54) is 7.11 Å². The first-order chi connectivity index (χ1) is 8.06. The van der Waals surface area contributed by atoms with Gasteiger partial charge in [-0.2, -0.15) is 0 Å². The number of anilines is 1. The molecule has 0 aromatic heterocycles. The highest BCUT2D eigenvalue weighted by Gasteiger charge is 2.16. The molecule has 0 amide bonds. The third-order valence-corrected chi connectivity index (χ3v) is 2.25. The Balaban J connectivity index is 2.74. The number of carbonyl (C=O) groups excluding carboxylic acids is 1. The van der Waals surface area contributed by atoms with Crippen LogP contribution in [0.3, 0.4) is 0 Å². The Kier molecular flexibility index (Phi) is 4.78. The maximum absolute atomic E-state index is 11.8. The Morgan fingerprint density at radius 3 is 2.71 bits per heavy atom. The van der Waals surface area contributed by atoms with Gasteiger partial charge < -0.3 is 20.1 Å². The summed E-state index contributed by atoms with van der Waals surface area (Å²) in [4.78, 5) is 13.8. The van der Waals surface area contributed by atoms with Crippen LogP contribution in [0.5, 0.6) is 5.75 Å². The lowest BCUT2D eigenvalue weighted by molar-refractivity contribution is 0.0479. The Bertz CT molecular complexity index is 391. The molecule has 2 N–H and O–H groups in total. The molecular weight excluding hydrogens is 220 g/mol. The van der Waals surface area contributed by atoms with Crippen molar-refractivity contribution >= 4 is 11.7 Å². The molecule has 94 valence electrons. The predicted octanol–water partition coefficient (Wildman–Crippen LogP) is 0.996. The van der Waals surface area contributed by atoms with Gasteiger partial charge in [-0.1, -0.05) is 6.07 Å². The van der Waals surface area contributed by atoms with E-state index in [-0.39, 0.29) is 5.56 Å². The molecule has 1 aromatic rings. The standard InChI is InChI=1S/C12H18N2O3/c1-14(2)7-8-17-12(15)11-9(13)5-4-6-10(11)16-3/h4-6H,7-8,13H2,1-3H3. The van der Waals surface area contributed by atoms with E-state index in [0.29, 0.717) is 24.6 Å². The molecule has 0 fully saturated rings. The van der Waals surface area contributed by atoms with E-state index < -0.39 is 5.97 Å². The summed E-state index contributed by atoms with van der Waals surface area (Å²) in [5, 5.41) is 0. The van der Waals surface area contributed by atoms with Crippen molar-refractivity contribution in [3.63, 3.8) is 0 Å². The van der Waals surface area contributed by atoms with Crippen LogP contribution in [0.1, 0.15) is 10.4 Å². The largest absolute Gasteiger partial charge is 0.496 e. The molecule has 1 rings (SSSR count). The summed E-state index contributed by atoms with van der Waals surface area (Å²) in [6.07, 6.45) is 0. The lowest BCUT2D eigenvalue weighted by atomic mass is 10.1. The van der Waals surface area contributed by atoms with Crippen LogP contribution in [0.4, 0.5) is 5.69 Å². The zero-order valence-corrected chi connectivity index (χ0v) is 10.4. The fourth-order valence-corrected chi connectivity index (χ4v) is 1.33. The van der Waals surface area contributed by atoms with Crippen LogP contribution in [0.25, 0.3) is 0 Å². The van der Waals surface area contributed by atoms with Gasteiger partial charge >= 0.3 is 5.97 Å². The van der Waals surface area contributed by atoms with Gasteiger partial charge in [-0.3, -0.25) is 0 Å². The van der Waals surface area contributed by atoms with Crippen LogP contribution in [0.15, 0.2) is 18.2 Å². The quantitative estimate of drug-likeness (QED) is 0.612. The number of likely N-dealkylation sites (N-methyl/N-ethyl adjacent to an activating group) is 1. The van der Waals surface area contributed by atoms with Crippen LogP contribution in [-0.4, -0.2) is 45.2 Å². The molecule has 0 bridgehead atoms. The SMILES string of the molecule is COc1cccc(N)c1C(=O)OCCN(C)C. The normalized spacial score (nSPS) is 10.4. The number of methoxy groups -OCH3 is 1. The number of ether oxygens (including phenoxy) is 2. The van der Waals surface area contributed by atoms with Gasteiger partial charge in [0.2, 0.25) is 0 Å². The van der Waals surface area contributed by atoms with Gasteiger partial charge in [0.15, 0.2) is 0 Å². The van der Waals surface area contributed by atoms with Crippen LogP contribution in [0, 0.1) is 0 Å². The number of hydrogen-bond acceptors (Lipinski definition) is 5. The van der Waals surface area contributed by atoms with Crippen molar-refractivity contribution in [2.75, 3.05) is 40.1 Å². The molecule has 0 aliphatic rings. The van der Waals surface area contributed by atoms with E-state index >= 15 is 0 Å².